The molecule has 0 aliphatic carbocycles. The molecule has 1 radical (unpaired) electrons. The van der Waals surface area contributed by atoms with Gasteiger partial charge in [-0.05, 0) is 24.1 Å². The first-order valence-corrected chi connectivity index (χ1v) is 6.53. The molecule has 0 aliphatic heterocycles. The Labute approximate surface area is 94.8 Å². The monoisotopic (exact) mass is 241 g/mol. The van der Waals surface area contributed by atoms with Gasteiger partial charge in [-0.2, -0.15) is 0 Å². The standard InChI is InChI=1S/C11H13O4S/c12-7-1-2-10-3-5-11(6-4-10)16(14,15)9-8-13/h3-6,13H,1-2,8-9H2. The predicted octanol–water partition coefficient (Wildman–Crippen LogP) is 0.495. The third-order valence-corrected chi connectivity index (χ3v) is 3.87. The Bertz CT molecular complexity index is 434. The van der Waals surface area contributed by atoms with E-state index in [4.69, 9.17) is 5.11 Å². The average Bonchev–Trinajstić information content (AvgIpc) is 2.27. The minimum atomic E-state index is -3.37. The lowest BCUT2D eigenvalue weighted by atomic mass is 10.1. The molecule has 0 saturated heterocycles. The normalized spacial score (nSPS) is 11.3. The Balaban J connectivity index is 2.82. The van der Waals surface area contributed by atoms with Crippen molar-refractivity contribution >= 4 is 16.1 Å². The molecule has 87 valence electrons. The zero-order chi connectivity index (χ0) is 12.0. The number of carbonyl (C=O) groups excluding carboxylic acids is 1. The Hall–Kier alpha value is -1.20. The highest BCUT2D eigenvalue weighted by Gasteiger charge is 2.12. The first-order chi connectivity index (χ1) is 7.60. The van der Waals surface area contributed by atoms with Crippen LogP contribution in [0.4, 0.5) is 0 Å². The van der Waals surface area contributed by atoms with Gasteiger partial charge in [0, 0.05) is 6.42 Å². The molecular formula is C11H13O4S. The molecular weight excluding hydrogens is 228 g/mol. The van der Waals surface area contributed by atoms with Crippen molar-refractivity contribution in [1.82, 2.24) is 0 Å². The highest BCUT2D eigenvalue weighted by atomic mass is 32.2. The van der Waals surface area contributed by atoms with Crippen LogP contribution in [0.15, 0.2) is 29.2 Å². The van der Waals surface area contributed by atoms with Gasteiger partial charge in [-0.1, -0.05) is 12.1 Å². The SMILES string of the molecule is O=[C]CCc1ccc(S(=O)(=O)CCO)cc1. The van der Waals surface area contributed by atoms with Crippen LogP contribution in [0.5, 0.6) is 0 Å². The van der Waals surface area contributed by atoms with E-state index < -0.39 is 9.84 Å². The Morgan fingerprint density at radius 2 is 1.81 bits per heavy atom. The van der Waals surface area contributed by atoms with Gasteiger partial charge in [-0.25, -0.2) is 8.42 Å². The summed E-state index contributed by atoms with van der Waals surface area (Å²) in [6.45, 7) is -0.385. The van der Waals surface area contributed by atoms with E-state index in [0.717, 1.165) is 5.56 Å². The molecule has 4 nitrogen and oxygen atoms in total. The number of aryl methyl sites for hydroxylation is 1. The topological polar surface area (TPSA) is 71.4 Å². The molecule has 0 aromatic heterocycles. The number of aliphatic hydroxyl groups excluding tert-OH is 1. The fraction of sp³-hybridized carbons (Fsp3) is 0.364. The number of hydrogen-bond acceptors (Lipinski definition) is 4. The predicted molar refractivity (Wildman–Crippen MR) is 59.6 cm³/mol. The summed E-state index contributed by atoms with van der Waals surface area (Å²) in [5, 5.41) is 8.61. The lowest BCUT2D eigenvalue weighted by molar-refractivity contribution is 0.319. The van der Waals surface area contributed by atoms with Gasteiger partial charge in [0.05, 0.1) is 17.3 Å². The van der Waals surface area contributed by atoms with Crippen LogP contribution in [0.25, 0.3) is 0 Å². The molecule has 0 fully saturated rings. The summed E-state index contributed by atoms with van der Waals surface area (Å²) in [7, 11) is -3.37. The van der Waals surface area contributed by atoms with Gasteiger partial charge in [0.1, 0.15) is 0 Å². The molecule has 0 heterocycles. The van der Waals surface area contributed by atoms with Crippen LogP contribution >= 0.6 is 0 Å². The highest BCUT2D eigenvalue weighted by Crippen LogP contribution is 2.13. The summed E-state index contributed by atoms with van der Waals surface area (Å²) in [6.07, 6.45) is 2.65. The minimum Gasteiger partial charge on any atom is -0.395 e. The molecule has 0 saturated carbocycles. The van der Waals surface area contributed by atoms with Gasteiger partial charge in [-0.15, -0.1) is 0 Å². The van der Waals surface area contributed by atoms with E-state index in [-0.39, 0.29) is 17.3 Å². The number of benzene rings is 1. The van der Waals surface area contributed by atoms with E-state index in [1.807, 2.05) is 0 Å². The fourth-order valence-corrected chi connectivity index (χ4v) is 2.32. The quantitative estimate of drug-likeness (QED) is 0.787. The van der Waals surface area contributed by atoms with Crippen LogP contribution in [0, 0.1) is 0 Å². The van der Waals surface area contributed by atoms with Crippen LogP contribution < -0.4 is 0 Å². The molecule has 5 heteroatoms. The zero-order valence-electron chi connectivity index (χ0n) is 8.72. The smallest absolute Gasteiger partial charge is 0.198 e. The lowest BCUT2D eigenvalue weighted by Gasteiger charge is -2.03. The average molecular weight is 241 g/mol. The van der Waals surface area contributed by atoms with E-state index in [0.29, 0.717) is 12.8 Å². The van der Waals surface area contributed by atoms with E-state index in [2.05, 4.69) is 0 Å². The van der Waals surface area contributed by atoms with Crippen molar-refractivity contribution in [3.05, 3.63) is 29.8 Å². The van der Waals surface area contributed by atoms with Gasteiger partial charge in [0.25, 0.3) is 0 Å². The molecule has 1 N–H and O–H groups in total. The van der Waals surface area contributed by atoms with E-state index in [1.165, 1.54) is 12.1 Å². The molecule has 1 aromatic carbocycles. The summed E-state index contributed by atoms with van der Waals surface area (Å²) in [4.78, 5) is 10.2. The second-order valence-corrected chi connectivity index (χ2v) is 5.44. The first-order valence-electron chi connectivity index (χ1n) is 4.87. The summed E-state index contributed by atoms with van der Waals surface area (Å²) in [5.41, 5.74) is 0.895. The fourth-order valence-electron chi connectivity index (χ4n) is 1.30. The second kappa shape index (κ2) is 5.77. The minimum absolute atomic E-state index is 0.195. The summed E-state index contributed by atoms with van der Waals surface area (Å²) in [5.74, 6) is -0.269. The van der Waals surface area contributed by atoms with E-state index >= 15 is 0 Å². The van der Waals surface area contributed by atoms with Crippen molar-refractivity contribution < 1.29 is 18.3 Å². The van der Waals surface area contributed by atoms with Crippen LogP contribution in [0.1, 0.15) is 12.0 Å². The summed E-state index contributed by atoms with van der Waals surface area (Å²) in [6, 6.07) is 6.32. The number of hydrogen-bond donors (Lipinski definition) is 1. The maximum absolute atomic E-state index is 11.5. The lowest BCUT2D eigenvalue weighted by Crippen LogP contribution is -2.09. The first kappa shape index (κ1) is 12.9. The molecule has 16 heavy (non-hydrogen) atoms. The number of sulfone groups is 1. The van der Waals surface area contributed by atoms with Crippen molar-refractivity contribution in [2.24, 2.45) is 0 Å². The van der Waals surface area contributed by atoms with Gasteiger partial charge in [0.15, 0.2) is 16.1 Å². The Morgan fingerprint density at radius 3 is 2.31 bits per heavy atom. The van der Waals surface area contributed by atoms with Gasteiger partial charge in [-0.3, -0.25) is 4.79 Å². The van der Waals surface area contributed by atoms with Gasteiger partial charge >= 0.3 is 0 Å². The number of aliphatic hydroxyl groups is 1. The largest absolute Gasteiger partial charge is 0.395 e. The molecule has 0 aliphatic rings. The summed E-state index contributed by atoms with van der Waals surface area (Å²) >= 11 is 0. The molecule has 0 amide bonds. The van der Waals surface area contributed by atoms with Crippen molar-refractivity contribution in [1.29, 1.82) is 0 Å². The zero-order valence-corrected chi connectivity index (χ0v) is 9.53. The van der Waals surface area contributed by atoms with Crippen LogP contribution in [0.2, 0.25) is 0 Å². The van der Waals surface area contributed by atoms with E-state index in [1.54, 1.807) is 18.4 Å². The van der Waals surface area contributed by atoms with Crippen molar-refractivity contribution in [2.45, 2.75) is 17.7 Å². The molecule has 1 aromatic rings. The molecule has 0 unspecified atom stereocenters. The molecule has 0 spiro atoms. The summed E-state index contributed by atoms with van der Waals surface area (Å²) < 4.78 is 23.1. The van der Waals surface area contributed by atoms with Crippen LogP contribution in [-0.4, -0.2) is 32.2 Å². The van der Waals surface area contributed by atoms with Crippen LogP contribution in [-0.2, 0) is 21.1 Å². The maximum Gasteiger partial charge on any atom is 0.198 e. The Morgan fingerprint density at radius 1 is 1.19 bits per heavy atom. The molecule has 1 rings (SSSR count). The molecule has 0 atom stereocenters. The third-order valence-electron chi connectivity index (χ3n) is 2.16. The Kier molecular flexibility index (Phi) is 4.64. The third kappa shape index (κ3) is 3.43. The van der Waals surface area contributed by atoms with Crippen LogP contribution in [0.3, 0.4) is 0 Å². The van der Waals surface area contributed by atoms with E-state index in [9.17, 15) is 13.2 Å². The van der Waals surface area contributed by atoms with Gasteiger partial charge in [0.2, 0.25) is 0 Å². The van der Waals surface area contributed by atoms with Crippen molar-refractivity contribution in [2.75, 3.05) is 12.4 Å². The second-order valence-electron chi connectivity index (χ2n) is 3.33. The molecule has 0 bridgehead atoms. The highest BCUT2D eigenvalue weighted by molar-refractivity contribution is 7.91. The number of rotatable bonds is 6. The van der Waals surface area contributed by atoms with Gasteiger partial charge < -0.3 is 5.11 Å². The van der Waals surface area contributed by atoms with Crippen molar-refractivity contribution in [3.63, 3.8) is 0 Å². The van der Waals surface area contributed by atoms with Crippen molar-refractivity contribution in [3.8, 4) is 0 Å². The maximum atomic E-state index is 11.5.